The van der Waals surface area contributed by atoms with Gasteiger partial charge < -0.3 is 5.32 Å². The minimum absolute atomic E-state index is 0.0407. The molecule has 0 aromatic heterocycles. The molecule has 5 nitrogen and oxygen atoms in total. The first-order chi connectivity index (χ1) is 11.0. The molecule has 0 heterocycles. The molecule has 0 atom stereocenters. The fraction of sp³-hybridized carbons (Fsp3) is 0.588. The summed E-state index contributed by atoms with van der Waals surface area (Å²) < 4.78 is 26.8. The minimum atomic E-state index is -3.46. The van der Waals surface area contributed by atoms with Crippen molar-refractivity contribution < 1.29 is 13.2 Å². The SMILES string of the molecule is CCCCC(=O)Nc1ccc(S(=O)(=O)N(CCC)CCC)cc1. The molecule has 1 aromatic rings. The van der Waals surface area contributed by atoms with E-state index in [1.165, 1.54) is 4.31 Å². The fourth-order valence-electron chi connectivity index (χ4n) is 2.27. The zero-order valence-electron chi connectivity index (χ0n) is 14.3. The molecule has 0 radical (unpaired) electrons. The number of hydrogen-bond donors (Lipinski definition) is 1. The summed E-state index contributed by atoms with van der Waals surface area (Å²) in [7, 11) is -3.46. The quantitative estimate of drug-likeness (QED) is 0.707. The topological polar surface area (TPSA) is 66.5 Å². The van der Waals surface area contributed by atoms with Crippen LogP contribution in [0.3, 0.4) is 0 Å². The molecule has 0 fully saturated rings. The third kappa shape index (κ3) is 5.95. The van der Waals surface area contributed by atoms with E-state index in [1.807, 2.05) is 20.8 Å². The van der Waals surface area contributed by atoms with E-state index in [-0.39, 0.29) is 10.8 Å². The molecule has 6 heteroatoms. The number of nitrogens with one attached hydrogen (secondary N) is 1. The number of hydrogen-bond acceptors (Lipinski definition) is 3. The molecule has 0 saturated carbocycles. The van der Waals surface area contributed by atoms with Crippen LogP contribution in [-0.4, -0.2) is 31.7 Å². The van der Waals surface area contributed by atoms with Gasteiger partial charge in [0.2, 0.25) is 15.9 Å². The summed E-state index contributed by atoms with van der Waals surface area (Å²) in [6.07, 6.45) is 3.86. The smallest absolute Gasteiger partial charge is 0.243 e. The summed E-state index contributed by atoms with van der Waals surface area (Å²) in [5.74, 6) is -0.0407. The van der Waals surface area contributed by atoms with Crippen molar-refractivity contribution in [2.24, 2.45) is 0 Å². The highest BCUT2D eigenvalue weighted by Crippen LogP contribution is 2.19. The second-order valence-electron chi connectivity index (χ2n) is 5.58. The predicted molar refractivity (Wildman–Crippen MR) is 93.9 cm³/mol. The maximum absolute atomic E-state index is 12.6. The standard InChI is InChI=1S/C17H28N2O3S/c1-4-7-8-17(20)18-15-9-11-16(12-10-15)23(21,22)19(13-5-2)14-6-3/h9-12H,4-8,13-14H2,1-3H3,(H,18,20). The number of amides is 1. The largest absolute Gasteiger partial charge is 0.326 e. The van der Waals surface area contributed by atoms with Crippen LogP contribution >= 0.6 is 0 Å². The van der Waals surface area contributed by atoms with Gasteiger partial charge in [-0.15, -0.1) is 0 Å². The normalized spacial score (nSPS) is 11.7. The number of carbonyl (C=O) groups is 1. The molecular formula is C17H28N2O3S. The summed E-state index contributed by atoms with van der Waals surface area (Å²) in [4.78, 5) is 12.0. The Morgan fingerprint density at radius 1 is 1.00 bits per heavy atom. The van der Waals surface area contributed by atoms with Crippen molar-refractivity contribution in [1.82, 2.24) is 4.31 Å². The zero-order valence-corrected chi connectivity index (χ0v) is 15.2. The van der Waals surface area contributed by atoms with Gasteiger partial charge in [-0.3, -0.25) is 4.79 Å². The molecule has 1 amide bonds. The molecule has 23 heavy (non-hydrogen) atoms. The van der Waals surface area contributed by atoms with Gasteiger partial charge in [-0.25, -0.2) is 8.42 Å². The summed E-state index contributed by atoms with van der Waals surface area (Å²) in [6.45, 7) is 7.00. The second-order valence-corrected chi connectivity index (χ2v) is 7.52. The van der Waals surface area contributed by atoms with Gasteiger partial charge in [0, 0.05) is 25.2 Å². The first-order valence-electron chi connectivity index (χ1n) is 8.35. The Labute approximate surface area is 140 Å². The molecule has 0 unspecified atom stereocenters. The highest BCUT2D eigenvalue weighted by Gasteiger charge is 2.22. The molecule has 1 rings (SSSR count). The Hall–Kier alpha value is -1.40. The maximum atomic E-state index is 12.6. The van der Waals surface area contributed by atoms with E-state index in [0.717, 1.165) is 25.7 Å². The van der Waals surface area contributed by atoms with E-state index in [0.29, 0.717) is 25.2 Å². The molecule has 130 valence electrons. The van der Waals surface area contributed by atoms with Crippen LogP contribution in [0.2, 0.25) is 0 Å². The van der Waals surface area contributed by atoms with Crippen LogP contribution in [0.5, 0.6) is 0 Å². The second kappa shape index (κ2) is 9.67. The van der Waals surface area contributed by atoms with Crippen molar-refractivity contribution >= 4 is 21.6 Å². The Morgan fingerprint density at radius 3 is 2.04 bits per heavy atom. The number of anilines is 1. The van der Waals surface area contributed by atoms with Crippen molar-refractivity contribution in [3.63, 3.8) is 0 Å². The van der Waals surface area contributed by atoms with E-state index in [9.17, 15) is 13.2 Å². The molecule has 0 spiro atoms. The molecule has 0 aliphatic carbocycles. The van der Waals surface area contributed by atoms with Gasteiger partial charge in [-0.05, 0) is 43.5 Å². The average molecular weight is 340 g/mol. The highest BCUT2D eigenvalue weighted by molar-refractivity contribution is 7.89. The monoisotopic (exact) mass is 340 g/mol. The van der Waals surface area contributed by atoms with Crippen LogP contribution in [0.25, 0.3) is 0 Å². The summed E-state index contributed by atoms with van der Waals surface area (Å²) >= 11 is 0. The lowest BCUT2D eigenvalue weighted by Gasteiger charge is -2.21. The maximum Gasteiger partial charge on any atom is 0.243 e. The van der Waals surface area contributed by atoms with Crippen LogP contribution < -0.4 is 5.32 Å². The van der Waals surface area contributed by atoms with E-state index in [2.05, 4.69) is 5.32 Å². The predicted octanol–water partition coefficient (Wildman–Crippen LogP) is 3.63. The molecule has 0 aliphatic rings. The van der Waals surface area contributed by atoms with Gasteiger partial charge >= 0.3 is 0 Å². The lowest BCUT2D eigenvalue weighted by atomic mass is 10.2. The Morgan fingerprint density at radius 2 is 1.57 bits per heavy atom. The van der Waals surface area contributed by atoms with Crippen LogP contribution in [0.4, 0.5) is 5.69 Å². The van der Waals surface area contributed by atoms with Crippen molar-refractivity contribution in [2.45, 2.75) is 57.8 Å². The van der Waals surface area contributed by atoms with Gasteiger partial charge in [-0.2, -0.15) is 4.31 Å². The van der Waals surface area contributed by atoms with E-state index in [4.69, 9.17) is 0 Å². The number of nitrogens with zero attached hydrogens (tertiary/aromatic N) is 1. The summed E-state index contributed by atoms with van der Waals surface area (Å²) in [6, 6.07) is 6.41. The van der Waals surface area contributed by atoms with Crippen LogP contribution in [0.15, 0.2) is 29.2 Å². The van der Waals surface area contributed by atoms with E-state index < -0.39 is 10.0 Å². The fourth-order valence-corrected chi connectivity index (χ4v) is 3.90. The van der Waals surface area contributed by atoms with Crippen LogP contribution in [0, 0.1) is 0 Å². The molecular weight excluding hydrogens is 312 g/mol. The molecule has 1 aromatic carbocycles. The Bertz CT molecular complexity index is 576. The first-order valence-corrected chi connectivity index (χ1v) is 9.79. The number of carbonyl (C=O) groups excluding carboxylic acids is 1. The van der Waals surface area contributed by atoms with Gasteiger partial charge in [0.05, 0.1) is 4.90 Å². The number of unbranched alkanes of at least 4 members (excludes halogenated alkanes) is 1. The van der Waals surface area contributed by atoms with Crippen molar-refractivity contribution in [2.75, 3.05) is 18.4 Å². The number of sulfonamides is 1. The Balaban J connectivity index is 2.83. The minimum Gasteiger partial charge on any atom is -0.326 e. The highest BCUT2D eigenvalue weighted by atomic mass is 32.2. The van der Waals surface area contributed by atoms with E-state index in [1.54, 1.807) is 24.3 Å². The molecule has 0 saturated heterocycles. The van der Waals surface area contributed by atoms with Crippen LogP contribution in [-0.2, 0) is 14.8 Å². The summed E-state index contributed by atoms with van der Waals surface area (Å²) in [5.41, 5.74) is 0.627. The zero-order chi connectivity index (χ0) is 17.3. The Kier molecular flexibility index (Phi) is 8.26. The van der Waals surface area contributed by atoms with Crippen molar-refractivity contribution in [3.05, 3.63) is 24.3 Å². The third-order valence-corrected chi connectivity index (χ3v) is 5.39. The first kappa shape index (κ1) is 19.6. The summed E-state index contributed by atoms with van der Waals surface area (Å²) in [5, 5.41) is 2.79. The molecule has 1 N–H and O–H groups in total. The average Bonchev–Trinajstić information content (AvgIpc) is 2.53. The van der Waals surface area contributed by atoms with Gasteiger partial charge in [0.1, 0.15) is 0 Å². The van der Waals surface area contributed by atoms with Gasteiger partial charge in [0.15, 0.2) is 0 Å². The van der Waals surface area contributed by atoms with Gasteiger partial charge in [0.25, 0.3) is 0 Å². The molecule has 0 aliphatic heterocycles. The number of benzene rings is 1. The third-order valence-electron chi connectivity index (χ3n) is 3.48. The van der Waals surface area contributed by atoms with Crippen LogP contribution in [0.1, 0.15) is 52.9 Å². The lowest BCUT2D eigenvalue weighted by Crippen LogP contribution is -2.32. The van der Waals surface area contributed by atoms with Gasteiger partial charge in [-0.1, -0.05) is 27.2 Å². The lowest BCUT2D eigenvalue weighted by molar-refractivity contribution is -0.116. The van der Waals surface area contributed by atoms with Crippen molar-refractivity contribution in [1.29, 1.82) is 0 Å². The number of rotatable bonds is 10. The molecule has 0 bridgehead atoms. The van der Waals surface area contributed by atoms with Crippen molar-refractivity contribution in [3.8, 4) is 0 Å². The van der Waals surface area contributed by atoms with E-state index >= 15 is 0 Å².